The van der Waals surface area contributed by atoms with Gasteiger partial charge in [-0.1, -0.05) is 11.2 Å². The molecule has 0 aliphatic heterocycles. The Labute approximate surface area is 135 Å². The topological polar surface area (TPSA) is 67.9 Å². The average molecular weight is 309 g/mol. The zero-order chi connectivity index (χ0) is 16.1. The van der Waals surface area contributed by atoms with Crippen LogP contribution in [0.5, 0.6) is 0 Å². The van der Waals surface area contributed by atoms with Crippen molar-refractivity contribution >= 4 is 0 Å². The van der Waals surface area contributed by atoms with Crippen molar-refractivity contribution in [3.8, 4) is 11.4 Å². The summed E-state index contributed by atoms with van der Waals surface area (Å²) >= 11 is 0. The number of nitrogens with zero attached hydrogens (tertiary/aromatic N) is 5. The van der Waals surface area contributed by atoms with E-state index in [9.17, 15) is 0 Å². The predicted octanol–water partition coefficient (Wildman–Crippen LogP) is 2.59. The van der Waals surface area contributed by atoms with Crippen molar-refractivity contribution in [1.29, 1.82) is 0 Å². The highest BCUT2D eigenvalue weighted by molar-refractivity contribution is 5.52. The Morgan fingerprint density at radius 2 is 1.96 bits per heavy atom. The van der Waals surface area contributed by atoms with Crippen LogP contribution >= 0.6 is 0 Å². The molecule has 0 radical (unpaired) electrons. The predicted molar refractivity (Wildman–Crippen MR) is 86.4 cm³/mol. The van der Waals surface area contributed by atoms with Crippen LogP contribution in [0, 0.1) is 0 Å². The monoisotopic (exact) mass is 309 g/mol. The van der Waals surface area contributed by atoms with Gasteiger partial charge in [-0.2, -0.15) is 4.98 Å². The third-order valence-corrected chi connectivity index (χ3v) is 3.77. The van der Waals surface area contributed by atoms with E-state index in [1.165, 1.54) is 0 Å². The quantitative estimate of drug-likeness (QED) is 0.697. The van der Waals surface area contributed by atoms with E-state index >= 15 is 0 Å². The molecule has 0 bridgehead atoms. The number of likely N-dealkylation sites (N-methyl/N-ethyl adjacent to an activating group) is 1. The van der Waals surface area contributed by atoms with Crippen molar-refractivity contribution < 1.29 is 4.52 Å². The molecule has 6 nitrogen and oxygen atoms in total. The molecule has 6 heteroatoms. The highest BCUT2D eigenvalue weighted by atomic mass is 16.5. The standard InChI is InChI=1S/C17H19N5O/c1-13(11-15-5-3-4-8-19-15)22(2)12-16-20-17(21-23-16)14-6-9-18-10-7-14/h3-10,13H,11-12H2,1-2H3/t13-/m1/s1. The SMILES string of the molecule is C[C@H](Cc1ccccn1)N(C)Cc1nc(-c2ccncc2)no1. The summed E-state index contributed by atoms with van der Waals surface area (Å²) in [6.07, 6.45) is 6.13. The summed E-state index contributed by atoms with van der Waals surface area (Å²) < 4.78 is 5.35. The van der Waals surface area contributed by atoms with Gasteiger partial charge in [0.05, 0.1) is 6.54 Å². The molecule has 23 heavy (non-hydrogen) atoms. The van der Waals surface area contributed by atoms with Crippen LogP contribution in [0.3, 0.4) is 0 Å². The second-order valence-electron chi connectivity index (χ2n) is 5.54. The molecule has 0 spiro atoms. The van der Waals surface area contributed by atoms with Crippen LogP contribution in [0.1, 0.15) is 18.5 Å². The lowest BCUT2D eigenvalue weighted by molar-refractivity contribution is 0.212. The number of pyridine rings is 2. The van der Waals surface area contributed by atoms with Crippen LogP contribution in [0.15, 0.2) is 53.4 Å². The van der Waals surface area contributed by atoms with E-state index in [1.807, 2.05) is 43.6 Å². The van der Waals surface area contributed by atoms with Crippen molar-refractivity contribution in [2.24, 2.45) is 0 Å². The molecule has 0 N–H and O–H groups in total. The second kappa shape index (κ2) is 7.11. The summed E-state index contributed by atoms with van der Waals surface area (Å²) in [6.45, 7) is 2.76. The van der Waals surface area contributed by atoms with Crippen LogP contribution in [0.2, 0.25) is 0 Å². The summed E-state index contributed by atoms with van der Waals surface area (Å²) in [5, 5.41) is 4.03. The molecule has 3 heterocycles. The molecule has 0 aliphatic rings. The van der Waals surface area contributed by atoms with E-state index in [4.69, 9.17) is 4.52 Å². The third-order valence-electron chi connectivity index (χ3n) is 3.77. The molecule has 0 saturated carbocycles. The Morgan fingerprint density at radius 1 is 1.13 bits per heavy atom. The van der Waals surface area contributed by atoms with Crippen molar-refractivity contribution in [2.45, 2.75) is 25.9 Å². The third kappa shape index (κ3) is 3.98. The minimum atomic E-state index is 0.321. The first kappa shape index (κ1) is 15.3. The Balaban J connectivity index is 1.62. The van der Waals surface area contributed by atoms with Gasteiger partial charge in [-0.05, 0) is 38.2 Å². The van der Waals surface area contributed by atoms with E-state index in [0.717, 1.165) is 17.7 Å². The van der Waals surface area contributed by atoms with E-state index < -0.39 is 0 Å². The van der Waals surface area contributed by atoms with Gasteiger partial charge >= 0.3 is 0 Å². The fourth-order valence-corrected chi connectivity index (χ4v) is 2.28. The summed E-state index contributed by atoms with van der Waals surface area (Å²) in [4.78, 5) is 15.0. The normalized spacial score (nSPS) is 12.5. The van der Waals surface area contributed by atoms with Crippen LogP contribution in [-0.4, -0.2) is 38.1 Å². The first-order valence-corrected chi connectivity index (χ1v) is 7.55. The zero-order valence-electron chi connectivity index (χ0n) is 13.3. The number of hydrogen-bond donors (Lipinski definition) is 0. The molecule has 0 aromatic carbocycles. The lowest BCUT2D eigenvalue weighted by Gasteiger charge is -2.22. The molecule has 3 aromatic heterocycles. The zero-order valence-corrected chi connectivity index (χ0v) is 13.3. The van der Waals surface area contributed by atoms with E-state index in [0.29, 0.717) is 24.3 Å². The van der Waals surface area contributed by atoms with E-state index in [2.05, 4.69) is 31.9 Å². The van der Waals surface area contributed by atoms with Gasteiger partial charge in [-0.15, -0.1) is 0 Å². The van der Waals surface area contributed by atoms with Crippen molar-refractivity contribution in [3.05, 3.63) is 60.5 Å². The van der Waals surface area contributed by atoms with Crippen molar-refractivity contribution in [3.63, 3.8) is 0 Å². The maximum absolute atomic E-state index is 5.35. The van der Waals surface area contributed by atoms with Crippen LogP contribution in [0.25, 0.3) is 11.4 Å². The number of hydrogen-bond acceptors (Lipinski definition) is 6. The van der Waals surface area contributed by atoms with Gasteiger partial charge in [0.25, 0.3) is 0 Å². The first-order chi connectivity index (χ1) is 11.2. The summed E-state index contributed by atoms with van der Waals surface area (Å²) in [6, 6.07) is 10.0. The van der Waals surface area contributed by atoms with Crippen LogP contribution in [0.4, 0.5) is 0 Å². The van der Waals surface area contributed by atoms with Crippen molar-refractivity contribution in [1.82, 2.24) is 25.0 Å². The molecule has 0 aliphatic carbocycles. The molecular formula is C17H19N5O. The van der Waals surface area contributed by atoms with Crippen LogP contribution < -0.4 is 0 Å². The molecule has 0 unspecified atom stereocenters. The lowest BCUT2D eigenvalue weighted by atomic mass is 10.1. The average Bonchev–Trinajstić information content (AvgIpc) is 3.05. The van der Waals surface area contributed by atoms with Gasteiger partial charge in [0, 0.05) is 42.3 Å². The molecule has 3 aromatic rings. The fourth-order valence-electron chi connectivity index (χ4n) is 2.28. The maximum Gasteiger partial charge on any atom is 0.241 e. The smallest absolute Gasteiger partial charge is 0.241 e. The summed E-state index contributed by atoms with van der Waals surface area (Å²) in [5.41, 5.74) is 1.98. The molecule has 3 rings (SSSR count). The Bertz CT molecular complexity index is 729. The highest BCUT2D eigenvalue weighted by Gasteiger charge is 2.15. The van der Waals surface area contributed by atoms with E-state index in [1.54, 1.807) is 12.4 Å². The lowest BCUT2D eigenvalue weighted by Crippen LogP contribution is -2.30. The highest BCUT2D eigenvalue weighted by Crippen LogP contribution is 2.15. The van der Waals surface area contributed by atoms with Gasteiger partial charge in [-0.3, -0.25) is 14.9 Å². The molecule has 1 atom stereocenters. The molecule has 0 fully saturated rings. The summed E-state index contributed by atoms with van der Waals surface area (Å²) in [5.74, 6) is 1.19. The van der Waals surface area contributed by atoms with Gasteiger partial charge in [0.15, 0.2) is 0 Å². The van der Waals surface area contributed by atoms with E-state index in [-0.39, 0.29) is 0 Å². The first-order valence-electron chi connectivity index (χ1n) is 7.55. The Morgan fingerprint density at radius 3 is 2.70 bits per heavy atom. The Kier molecular flexibility index (Phi) is 4.73. The molecular weight excluding hydrogens is 290 g/mol. The van der Waals surface area contributed by atoms with Crippen LogP contribution in [-0.2, 0) is 13.0 Å². The summed E-state index contributed by atoms with van der Waals surface area (Å²) in [7, 11) is 2.05. The van der Waals surface area contributed by atoms with Crippen molar-refractivity contribution in [2.75, 3.05) is 7.05 Å². The maximum atomic E-state index is 5.35. The second-order valence-corrected chi connectivity index (χ2v) is 5.54. The molecule has 118 valence electrons. The minimum absolute atomic E-state index is 0.321. The van der Waals surface area contributed by atoms with Gasteiger partial charge in [0.1, 0.15) is 0 Å². The minimum Gasteiger partial charge on any atom is -0.338 e. The fraction of sp³-hybridized carbons (Fsp3) is 0.294. The molecule has 0 amide bonds. The molecule has 0 saturated heterocycles. The van der Waals surface area contributed by atoms with Gasteiger partial charge < -0.3 is 4.52 Å². The largest absolute Gasteiger partial charge is 0.338 e. The Hall–Kier alpha value is -2.60. The number of rotatable bonds is 6. The number of aromatic nitrogens is 4. The van der Waals surface area contributed by atoms with Gasteiger partial charge in [-0.25, -0.2) is 0 Å². The van der Waals surface area contributed by atoms with Gasteiger partial charge in [0.2, 0.25) is 11.7 Å².